The third-order valence-electron chi connectivity index (χ3n) is 4.77. The topological polar surface area (TPSA) is 62.0 Å². The Hall–Kier alpha value is -2.11. The van der Waals surface area contributed by atoms with Crippen LogP contribution in [0.2, 0.25) is 0 Å². The summed E-state index contributed by atoms with van der Waals surface area (Å²) in [5.41, 5.74) is 3.06. The highest BCUT2D eigenvalue weighted by Crippen LogP contribution is 2.30. The minimum atomic E-state index is -3.29. The van der Waals surface area contributed by atoms with Crippen molar-refractivity contribution in [1.82, 2.24) is 9.71 Å². The number of rotatable bonds is 8. The van der Waals surface area contributed by atoms with Crippen molar-refractivity contribution in [1.29, 1.82) is 0 Å². The summed E-state index contributed by atoms with van der Waals surface area (Å²) in [5, 5.41) is 1.14. The molecule has 0 aliphatic carbocycles. The fourth-order valence-electron chi connectivity index (χ4n) is 3.20. The molecule has 0 amide bonds. The van der Waals surface area contributed by atoms with Gasteiger partial charge in [-0.2, -0.15) is 0 Å². The molecule has 138 valence electrons. The Kier molecular flexibility index (Phi) is 5.49. The second-order valence-electron chi connectivity index (χ2n) is 7.36. The van der Waals surface area contributed by atoms with Gasteiger partial charge in [-0.25, -0.2) is 13.1 Å². The number of hydrogen-bond acceptors (Lipinski definition) is 2. The lowest BCUT2D eigenvalue weighted by Gasteiger charge is -2.25. The summed E-state index contributed by atoms with van der Waals surface area (Å²) in [5.74, 6) is 0.145. The van der Waals surface area contributed by atoms with Gasteiger partial charge in [-0.1, -0.05) is 62.4 Å². The van der Waals surface area contributed by atoms with Crippen LogP contribution in [-0.2, 0) is 21.9 Å². The number of nitrogens with one attached hydrogen (secondary N) is 2. The lowest BCUT2D eigenvalue weighted by molar-refractivity contribution is 0.504. The van der Waals surface area contributed by atoms with Crippen LogP contribution in [0.3, 0.4) is 0 Å². The van der Waals surface area contributed by atoms with Crippen LogP contribution in [0, 0.1) is 0 Å². The van der Waals surface area contributed by atoms with Gasteiger partial charge in [-0.15, -0.1) is 0 Å². The van der Waals surface area contributed by atoms with Crippen molar-refractivity contribution in [3.8, 4) is 0 Å². The van der Waals surface area contributed by atoms with E-state index in [2.05, 4.69) is 29.6 Å². The quantitative estimate of drug-likeness (QED) is 0.630. The van der Waals surface area contributed by atoms with Crippen molar-refractivity contribution in [2.75, 3.05) is 12.3 Å². The van der Waals surface area contributed by atoms with Gasteiger partial charge in [0.15, 0.2) is 0 Å². The molecule has 0 unspecified atom stereocenters. The Morgan fingerprint density at radius 2 is 1.69 bits per heavy atom. The molecule has 0 atom stereocenters. The number of aromatic amines is 1. The summed E-state index contributed by atoms with van der Waals surface area (Å²) in [6.07, 6.45) is 3.37. The molecule has 0 radical (unpaired) electrons. The summed E-state index contributed by atoms with van der Waals surface area (Å²) in [7, 11) is -3.29. The summed E-state index contributed by atoms with van der Waals surface area (Å²) >= 11 is 0. The minimum absolute atomic E-state index is 0.145. The van der Waals surface area contributed by atoms with Gasteiger partial charge in [0, 0.05) is 29.1 Å². The summed E-state index contributed by atoms with van der Waals surface area (Å²) in [4.78, 5) is 3.27. The van der Waals surface area contributed by atoms with Crippen molar-refractivity contribution >= 4 is 20.9 Å². The number of fused-ring (bicyclic) bond motifs is 1. The Bertz CT molecular complexity index is 960. The van der Waals surface area contributed by atoms with Crippen molar-refractivity contribution in [2.24, 2.45) is 0 Å². The Labute approximate surface area is 155 Å². The lowest BCUT2D eigenvalue weighted by Crippen LogP contribution is -2.37. The van der Waals surface area contributed by atoms with Crippen LogP contribution >= 0.6 is 0 Å². The molecule has 1 aromatic heterocycles. The molecule has 0 aliphatic rings. The van der Waals surface area contributed by atoms with Gasteiger partial charge in [-0.3, -0.25) is 0 Å². The lowest BCUT2D eigenvalue weighted by atomic mass is 9.85. The van der Waals surface area contributed by atoms with Gasteiger partial charge in [0.2, 0.25) is 10.0 Å². The largest absolute Gasteiger partial charge is 0.361 e. The highest BCUT2D eigenvalue weighted by Gasteiger charge is 2.26. The first-order chi connectivity index (χ1) is 12.4. The third kappa shape index (κ3) is 4.54. The zero-order chi connectivity index (χ0) is 18.6. The van der Waals surface area contributed by atoms with E-state index in [1.807, 2.05) is 54.7 Å². The van der Waals surface area contributed by atoms with Crippen LogP contribution in [0.15, 0.2) is 60.8 Å². The molecular formula is C21H26N2O2S. The van der Waals surface area contributed by atoms with Gasteiger partial charge in [0.25, 0.3) is 0 Å². The Morgan fingerprint density at radius 1 is 1.00 bits per heavy atom. The average molecular weight is 371 g/mol. The van der Waals surface area contributed by atoms with Gasteiger partial charge < -0.3 is 4.98 Å². The maximum atomic E-state index is 12.4. The number of hydrogen-bond donors (Lipinski definition) is 2. The predicted octanol–water partition coefficient (Wildman–Crippen LogP) is 4.00. The average Bonchev–Trinajstić information content (AvgIpc) is 3.06. The molecule has 26 heavy (non-hydrogen) atoms. The van der Waals surface area contributed by atoms with Crippen LogP contribution in [0.5, 0.6) is 0 Å². The van der Waals surface area contributed by atoms with E-state index in [4.69, 9.17) is 0 Å². The fraction of sp³-hybridized carbons (Fsp3) is 0.333. The van der Waals surface area contributed by atoms with Gasteiger partial charge in [0.05, 0.1) is 5.75 Å². The number of benzene rings is 2. The molecular weight excluding hydrogens is 344 g/mol. The minimum Gasteiger partial charge on any atom is -0.361 e. The molecule has 0 fully saturated rings. The van der Waals surface area contributed by atoms with E-state index in [-0.39, 0.29) is 11.2 Å². The molecule has 0 spiro atoms. The molecule has 4 nitrogen and oxygen atoms in total. The normalized spacial score (nSPS) is 12.5. The third-order valence-corrected chi connectivity index (χ3v) is 6.18. The zero-order valence-electron chi connectivity index (χ0n) is 15.3. The monoisotopic (exact) mass is 370 g/mol. The van der Waals surface area contributed by atoms with Crippen molar-refractivity contribution in [2.45, 2.75) is 32.1 Å². The van der Waals surface area contributed by atoms with Crippen molar-refractivity contribution < 1.29 is 8.42 Å². The molecule has 3 aromatic rings. The number of aryl methyl sites for hydroxylation is 1. The van der Waals surface area contributed by atoms with Crippen LogP contribution in [-0.4, -0.2) is 25.7 Å². The van der Waals surface area contributed by atoms with E-state index in [1.165, 1.54) is 5.56 Å². The molecule has 1 heterocycles. The van der Waals surface area contributed by atoms with E-state index < -0.39 is 10.0 Å². The van der Waals surface area contributed by atoms with Crippen molar-refractivity contribution in [3.63, 3.8) is 0 Å². The standard InChI is InChI=1S/C21H26N2O2S/c1-21(2,19-15-22-20-13-7-6-12-18(19)20)16-23-26(24,25)14-8-11-17-9-4-3-5-10-17/h3-7,9-10,12-13,15,22-23H,8,11,14,16H2,1-2H3. The van der Waals surface area contributed by atoms with Crippen LogP contribution < -0.4 is 4.72 Å². The molecule has 0 bridgehead atoms. The predicted molar refractivity (Wildman–Crippen MR) is 108 cm³/mol. The van der Waals surface area contributed by atoms with Crippen LogP contribution in [0.1, 0.15) is 31.4 Å². The molecule has 2 aromatic carbocycles. The number of sulfonamides is 1. The second kappa shape index (κ2) is 7.64. The van der Waals surface area contributed by atoms with Gasteiger partial charge in [0.1, 0.15) is 0 Å². The first-order valence-electron chi connectivity index (χ1n) is 8.95. The first kappa shape index (κ1) is 18.7. The van der Waals surface area contributed by atoms with Crippen molar-refractivity contribution in [3.05, 3.63) is 71.9 Å². The zero-order valence-corrected chi connectivity index (χ0v) is 16.1. The fourth-order valence-corrected chi connectivity index (χ4v) is 4.45. The Morgan fingerprint density at radius 3 is 2.46 bits per heavy atom. The molecule has 0 saturated carbocycles. The molecule has 0 saturated heterocycles. The highest BCUT2D eigenvalue weighted by molar-refractivity contribution is 7.89. The molecule has 0 aliphatic heterocycles. The highest BCUT2D eigenvalue weighted by atomic mass is 32.2. The molecule has 5 heteroatoms. The maximum Gasteiger partial charge on any atom is 0.211 e. The smallest absolute Gasteiger partial charge is 0.211 e. The maximum absolute atomic E-state index is 12.4. The van der Waals surface area contributed by atoms with Crippen LogP contribution in [0.25, 0.3) is 10.9 Å². The summed E-state index contributed by atoms with van der Waals surface area (Å²) in [6.45, 7) is 4.51. The molecule has 2 N–H and O–H groups in total. The molecule has 3 rings (SSSR count). The van der Waals surface area contributed by atoms with E-state index >= 15 is 0 Å². The van der Waals surface area contributed by atoms with E-state index in [0.29, 0.717) is 13.0 Å². The number of para-hydroxylation sites is 1. The number of aromatic nitrogens is 1. The van der Waals surface area contributed by atoms with E-state index in [0.717, 1.165) is 22.9 Å². The van der Waals surface area contributed by atoms with Gasteiger partial charge >= 0.3 is 0 Å². The second-order valence-corrected chi connectivity index (χ2v) is 9.29. The van der Waals surface area contributed by atoms with Crippen LogP contribution in [0.4, 0.5) is 0 Å². The first-order valence-corrected chi connectivity index (χ1v) is 10.6. The summed E-state index contributed by atoms with van der Waals surface area (Å²) < 4.78 is 27.6. The summed E-state index contributed by atoms with van der Waals surface area (Å²) in [6, 6.07) is 18.1. The van der Waals surface area contributed by atoms with E-state index in [9.17, 15) is 8.42 Å². The van der Waals surface area contributed by atoms with Gasteiger partial charge in [-0.05, 0) is 30.0 Å². The van der Waals surface area contributed by atoms with E-state index in [1.54, 1.807) is 0 Å². The number of H-pyrrole nitrogens is 1. The Balaban J connectivity index is 1.59. The SMILES string of the molecule is CC(C)(CNS(=O)(=O)CCCc1ccccc1)c1c[nH]c2ccccc12.